The van der Waals surface area contributed by atoms with Crippen LogP contribution in [0.5, 0.6) is 0 Å². The number of anilines is 2. The van der Waals surface area contributed by atoms with Crippen molar-refractivity contribution in [2.24, 2.45) is 5.14 Å². The van der Waals surface area contributed by atoms with Gasteiger partial charge in [-0.15, -0.1) is 0 Å². The number of fused-ring (bicyclic) bond motifs is 1. The summed E-state index contributed by atoms with van der Waals surface area (Å²) in [7, 11) is -3.85. The Labute approximate surface area is 198 Å². The molecule has 0 spiro atoms. The van der Waals surface area contributed by atoms with Crippen LogP contribution in [0, 0.1) is 6.92 Å². The second kappa shape index (κ2) is 8.84. The molecule has 4 rings (SSSR count). The maximum absolute atomic E-state index is 12.4. The fourth-order valence-corrected chi connectivity index (χ4v) is 4.70. The number of carbonyl (C=O) groups excluding carboxylic acids is 1. The zero-order valence-corrected chi connectivity index (χ0v) is 20.5. The van der Waals surface area contributed by atoms with Crippen LogP contribution in [-0.4, -0.2) is 57.8 Å². The highest BCUT2D eigenvalue weighted by molar-refractivity contribution is 7.89. The third kappa shape index (κ3) is 5.28. The number of likely N-dealkylation sites (tertiary alicyclic amines) is 1. The number of rotatable bonds is 4. The third-order valence-electron chi connectivity index (χ3n) is 5.55. The van der Waals surface area contributed by atoms with E-state index in [4.69, 9.17) is 9.88 Å². The van der Waals surface area contributed by atoms with Gasteiger partial charge in [0.15, 0.2) is 5.65 Å². The van der Waals surface area contributed by atoms with E-state index in [-0.39, 0.29) is 17.0 Å². The molecule has 1 aromatic carbocycles. The van der Waals surface area contributed by atoms with Crippen molar-refractivity contribution < 1.29 is 17.9 Å². The summed E-state index contributed by atoms with van der Waals surface area (Å²) >= 11 is 0. The Morgan fingerprint density at radius 1 is 1.21 bits per heavy atom. The zero-order valence-electron chi connectivity index (χ0n) is 19.6. The van der Waals surface area contributed by atoms with Gasteiger partial charge in [-0.25, -0.2) is 28.0 Å². The quantitative estimate of drug-likeness (QED) is 0.571. The van der Waals surface area contributed by atoms with Gasteiger partial charge >= 0.3 is 6.09 Å². The molecule has 1 saturated heterocycles. The Kier molecular flexibility index (Phi) is 6.21. The van der Waals surface area contributed by atoms with E-state index < -0.39 is 15.6 Å². The van der Waals surface area contributed by atoms with Crippen molar-refractivity contribution in [1.29, 1.82) is 0 Å². The molecule has 11 nitrogen and oxygen atoms in total. The second-order valence-electron chi connectivity index (χ2n) is 9.41. The fraction of sp³-hybridized carbons (Fsp3) is 0.455. The molecule has 0 atom stereocenters. The fourth-order valence-electron chi connectivity index (χ4n) is 3.90. The molecule has 0 bridgehead atoms. The lowest BCUT2D eigenvalue weighted by molar-refractivity contribution is 0.0186. The number of nitrogens with zero attached hydrogens (tertiary/aromatic N) is 5. The first kappa shape index (κ1) is 23.9. The van der Waals surface area contributed by atoms with Crippen LogP contribution in [0.2, 0.25) is 0 Å². The maximum Gasteiger partial charge on any atom is 0.410 e. The number of hydrogen-bond donors (Lipinski definition) is 2. The lowest BCUT2D eigenvalue weighted by Gasteiger charge is -2.33. The molecule has 3 N–H and O–H groups in total. The normalized spacial score (nSPS) is 15.5. The van der Waals surface area contributed by atoms with E-state index in [0.29, 0.717) is 35.9 Å². The van der Waals surface area contributed by atoms with Crippen LogP contribution in [0.25, 0.3) is 11.0 Å². The summed E-state index contributed by atoms with van der Waals surface area (Å²) < 4.78 is 31.0. The number of amides is 1. The molecule has 0 radical (unpaired) electrons. The molecular formula is C22H29N7O4S. The van der Waals surface area contributed by atoms with E-state index in [2.05, 4.69) is 20.4 Å². The van der Waals surface area contributed by atoms with Gasteiger partial charge in [0.2, 0.25) is 16.0 Å². The number of nitrogens with one attached hydrogen (secondary N) is 1. The van der Waals surface area contributed by atoms with Gasteiger partial charge in [-0.1, -0.05) is 6.07 Å². The van der Waals surface area contributed by atoms with Gasteiger partial charge in [-0.05, 0) is 58.2 Å². The van der Waals surface area contributed by atoms with Crippen molar-refractivity contribution >= 4 is 38.8 Å². The summed E-state index contributed by atoms with van der Waals surface area (Å²) in [6.45, 7) is 8.37. The summed E-state index contributed by atoms with van der Waals surface area (Å²) in [6, 6.07) is 4.94. The molecule has 3 heterocycles. The van der Waals surface area contributed by atoms with Crippen LogP contribution in [-0.2, 0) is 14.8 Å². The van der Waals surface area contributed by atoms with Crippen molar-refractivity contribution in [2.75, 3.05) is 18.4 Å². The topological polar surface area (TPSA) is 145 Å². The summed E-state index contributed by atoms with van der Waals surface area (Å²) in [5.41, 5.74) is 1.19. The monoisotopic (exact) mass is 487 g/mol. The molecule has 1 fully saturated rings. The van der Waals surface area contributed by atoms with Crippen LogP contribution < -0.4 is 10.5 Å². The van der Waals surface area contributed by atoms with Crippen molar-refractivity contribution in [3.8, 4) is 0 Å². The third-order valence-corrected chi connectivity index (χ3v) is 6.60. The van der Waals surface area contributed by atoms with Gasteiger partial charge in [0.1, 0.15) is 5.60 Å². The first-order chi connectivity index (χ1) is 15.9. The average molecular weight is 488 g/mol. The van der Waals surface area contributed by atoms with Crippen molar-refractivity contribution in [1.82, 2.24) is 24.6 Å². The van der Waals surface area contributed by atoms with Crippen molar-refractivity contribution in [2.45, 2.75) is 57.1 Å². The molecule has 182 valence electrons. The highest BCUT2D eigenvalue weighted by Gasteiger charge is 2.28. The molecule has 0 aliphatic carbocycles. The number of benzene rings is 1. The first-order valence-electron chi connectivity index (χ1n) is 11.0. The maximum atomic E-state index is 12.4. The Morgan fingerprint density at radius 2 is 1.91 bits per heavy atom. The highest BCUT2D eigenvalue weighted by atomic mass is 32.2. The Morgan fingerprint density at radius 3 is 2.56 bits per heavy atom. The van der Waals surface area contributed by atoms with Crippen molar-refractivity contribution in [3.05, 3.63) is 36.2 Å². The van der Waals surface area contributed by atoms with Gasteiger partial charge in [0, 0.05) is 25.0 Å². The molecule has 1 amide bonds. The number of piperidine rings is 1. The van der Waals surface area contributed by atoms with E-state index in [1.54, 1.807) is 36.4 Å². The highest BCUT2D eigenvalue weighted by Crippen LogP contribution is 2.27. The minimum atomic E-state index is -3.85. The SMILES string of the molecule is Cc1ccc(Nc2ncc3cnn(C4CCN(C(=O)OC(C)(C)C)CC4)c3n2)cc1S(N)(=O)=O. The Balaban J connectivity index is 1.51. The van der Waals surface area contributed by atoms with Crippen molar-refractivity contribution in [3.63, 3.8) is 0 Å². The van der Waals surface area contributed by atoms with E-state index in [9.17, 15) is 13.2 Å². The molecule has 0 saturated carbocycles. The minimum absolute atomic E-state index is 0.0420. The number of ether oxygens (including phenoxy) is 1. The molecule has 34 heavy (non-hydrogen) atoms. The molecule has 1 aliphatic rings. The molecular weight excluding hydrogens is 458 g/mol. The number of primary sulfonamides is 1. The molecule has 2 aromatic heterocycles. The van der Waals surface area contributed by atoms with Crippen LogP contribution in [0.1, 0.15) is 45.2 Å². The lowest BCUT2D eigenvalue weighted by atomic mass is 10.1. The number of carbonyl (C=O) groups is 1. The molecule has 0 unspecified atom stereocenters. The predicted octanol–water partition coefficient (Wildman–Crippen LogP) is 3.10. The lowest BCUT2D eigenvalue weighted by Crippen LogP contribution is -2.42. The van der Waals surface area contributed by atoms with Gasteiger partial charge in [0.25, 0.3) is 0 Å². The zero-order chi connectivity index (χ0) is 24.7. The average Bonchev–Trinajstić information content (AvgIpc) is 3.16. The Bertz CT molecular complexity index is 1320. The van der Waals surface area contributed by atoms with Crippen LogP contribution in [0.15, 0.2) is 35.5 Å². The number of aryl methyl sites for hydroxylation is 1. The number of aromatic nitrogens is 4. The predicted molar refractivity (Wildman–Crippen MR) is 127 cm³/mol. The van der Waals surface area contributed by atoms with E-state index in [1.807, 2.05) is 25.5 Å². The Hall–Kier alpha value is -3.25. The summed E-state index contributed by atoms with van der Waals surface area (Å²) in [4.78, 5) is 23.0. The van der Waals surface area contributed by atoms with E-state index in [1.165, 1.54) is 6.07 Å². The number of nitrogens with two attached hydrogens (primary N) is 1. The van der Waals surface area contributed by atoms with Gasteiger partial charge in [-0.2, -0.15) is 10.1 Å². The van der Waals surface area contributed by atoms with Gasteiger partial charge < -0.3 is 15.0 Å². The van der Waals surface area contributed by atoms with Gasteiger partial charge in [-0.3, -0.25) is 0 Å². The largest absolute Gasteiger partial charge is 0.444 e. The summed E-state index contributed by atoms with van der Waals surface area (Å²) in [6.07, 6.45) is 4.52. The van der Waals surface area contributed by atoms with Crippen LogP contribution in [0.4, 0.5) is 16.4 Å². The molecule has 3 aromatic rings. The number of sulfonamides is 1. The van der Waals surface area contributed by atoms with E-state index in [0.717, 1.165) is 18.2 Å². The van der Waals surface area contributed by atoms with Crippen LogP contribution >= 0.6 is 0 Å². The summed E-state index contributed by atoms with van der Waals surface area (Å²) in [5.74, 6) is 0.310. The minimum Gasteiger partial charge on any atom is -0.444 e. The van der Waals surface area contributed by atoms with Crippen LogP contribution in [0.3, 0.4) is 0 Å². The first-order valence-corrected chi connectivity index (χ1v) is 12.5. The summed E-state index contributed by atoms with van der Waals surface area (Å²) in [5, 5.41) is 13.7. The number of hydrogen-bond acceptors (Lipinski definition) is 8. The second-order valence-corrected chi connectivity index (χ2v) is 10.9. The molecule has 12 heteroatoms. The standard InChI is InChI=1S/C22H29N7O4S/c1-14-5-6-16(11-18(14)34(23,31)32)26-20-24-12-15-13-25-29(19(15)27-20)17-7-9-28(10-8-17)21(30)33-22(2,3)4/h5-6,11-13,17H,7-10H2,1-4H3,(H2,23,31,32)(H,24,26,27). The van der Waals surface area contributed by atoms with Gasteiger partial charge in [0.05, 0.1) is 22.5 Å². The van der Waals surface area contributed by atoms with E-state index >= 15 is 0 Å². The smallest absolute Gasteiger partial charge is 0.410 e. The molecule has 1 aliphatic heterocycles.